The molecule has 1 saturated heterocycles. The molecule has 2 aliphatic heterocycles. The fourth-order valence-corrected chi connectivity index (χ4v) is 4.60. The number of nitrogens with one attached hydrogen (secondary N) is 1. The van der Waals surface area contributed by atoms with Gasteiger partial charge in [0.05, 0.1) is 24.6 Å². The third-order valence-electron chi connectivity index (χ3n) is 5.18. The van der Waals surface area contributed by atoms with E-state index in [1.165, 1.54) is 6.07 Å². The second kappa shape index (κ2) is 6.86. The van der Waals surface area contributed by atoms with Crippen LogP contribution in [0.15, 0.2) is 35.8 Å². The van der Waals surface area contributed by atoms with E-state index in [9.17, 15) is 8.78 Å². The SMILES string of the molecule is FC1(F)Oc2cccc(-c3[nH]nc4ncc(-c5csc(N6CCOCC6)n5)cc34)c2O1. The molecule has 4 aromatic rings. The summed E-state index contributed by atoms with van der Waals surface area (Å²) in [5.41, 5.74) is 3.00. The lowest BCUT2D eigenvalue weighted by atomic mass is 10.1. The number of pyridine rings is 1. The third kappa shape index (κ3) is 3.17. The van der Waals surface area contributed by atoms with Gasteiger partial charge in [-0.15, -0.1) is 20.1 Å². The number of halogens is 2. The minimum atomic E-state index is -3.70. The van der Waals surface area contributed by atoms with Crippen molar-refractivity contribution in [3.63, 3.8) is 0 Å². The summed E-state index contributed by atoms with van der Waals surface area (Å²) in [7, 11) is 0. The lowest BCUT2D eigenvalue weighted by molar-refractivity contribution is -0.286. The van der Waals surface area contributed by atoms with E-state index in [4.69, 9.17) is 14.5 Å². The van der Waals surface area contributed by atoms with Crippen molar-refractivity contribution in [2.45, 2.75) is 6.29 Å². The zero-order chi connectivity index (χ0) is 21.0. The molecule has 3 aromatic heterocycles. The van der Waals surface area contributed by atoms with E-state index in [2.05, 4.69) is 24.8 Å². The van der Waals surface area contributed by atoms with Gasteiger partial charge in [0.15, 0.2) is 22.3 Å². The summed E-state index contributed by atoms with van der Waals surface area (Å²) in [5, 5.41) is 10.7. The number of fused-ring (bicyclic) bond motifs is 2. The Labute approximate surface area is 178 Å². The van der Waals surface area contributed by atoms with Crippen LogP contribution in [0.3, 0.4) is 0 Å². The molecule has 6 rings (SSSR count). The maximum absolute atomic E-state index is 13.6. The van der Waals surface area contributed by atoms with Gasteiger partial charge in [0.1, 0.15) is 0 Å². The number of hydrogen-bond donors (Lipinski definition) is 1. The molecule has 1 fully saturated rings. The Morgan fingerprint density at radius 1 is 1.16 bits per heavy atom. The molecule has 158 valence electrons. The van der Waals surface area contributed by atoms with E-state index in [0.29, 0.717) is 35.5 Å². The van der Waals surface area contributed by atoms with E-state index in [1.54, 1.807) is 29.7 Å². The lowest BCUT2D eigenvalue weighted by Crippen LogP contribution is -2.36. The first-order valence-electron chi connectivity index (χ1n) is 9.59. The molecule has 1 N–H and O–H groups in total. The van der Waals surface area contributed by atoms with Crippen molar-refractivity contribution in [2.24, 2.45) is 0 Å². The van der Waals surface area contributed by atoms with Gasteiger partial charge in [-0.25, -0.2) is 9.97 Å². The maximum atomic E-state index is 13.6. The molecule has 0 unspecified atom stereocenters. The molecule has 11 heteroatoms. The Kier molecular flexibility index (Phi) is 4.08. The Morgan fingerprint density at radius 3 is 2.90 bits per heavy atom. The molecular formula is C20H15F2N5O3S. The summed E-state index contributed by atoms with van der Waals surface area (Å²) in [6, 6.07) is 6.62. The van der Waals surface area contributed by atoms with Crippen molar-refractivity contribution in [3.8, 4) is 34.0 Å². The van der Waals surface area contributed by atoms with Gasteiger partial charge in [-0.1, -0.05) is 6.07 Å². The lowest BCUT2D eigenvalue weighted by Gasteiger charge is -2.26. The van der Waals surface area contributed by atoms with Crippen molar-refractivity contribution in [1.82, 2.24) is 20.2 Å². The van der Waals surface area contributed by atoms with E-state index in [0.717, 1.165) is 29.5 Å². The molecule has 8 nitrogen and oxygen atoms in total. The average Bonchev–Trinajstić information content (AvgIpc) is 3.49. The predicted octanol–water partition coefficient (Wildman–Crippen LogP) is 3.91. The van der Waals surface area contributed by atoms with Crippen molar-refractivity contribution < 1.29 is 23.0 Å². The topological polar surface area (TPSA) is 85.4 Å². The van der Waals surface area contributed by atoms with Crippen molar-refractivity contribution >= 4 is 27.5 Å². The number of benzene rings is 1. The number of rotatable bonds is 3. The number of morpholine rings is 1. The first kappa shape index (κ1) is 18.5. The summed E-state index contributed by atoms with van der Waals surface area (Å²) >= 11 is 1.56. The van der Waals surface area contributed by atoms with E-state index < -0.39 is 6.29 Å². The molecule has 0 spiro atoms. The highest BCUT2D eigenvalue weighted by atomic mass is 32.1. The number of anilines is 1. The van der Waals surface area contributed by atoms with Gasteiger partial charge in [0.25, 0.3) is 0 Å². The van der Waals surface area contributed by atoms with Crippen LogP contribution in [-0.4, -0.2) is 52.8 Å². The van der Waals surface area contributed by atoms with Gasteiger partial charge < -0.3 is 19.1 Å². The van der Waals surface area contributed by atoms with Crippen LogP contribution in [-0.2, 0) is 4.74 Å². The maximum Gasteiger partial charge on any atom is 0.586 e. The van der Waals surface area contributed by atoms with Crippen molar-refractivity contribution in [3.05, 3.63) is 35.8 Å². The summed E-state index contributed by atoms with van der Waals surface area (Å²) in [5.74, 6) is -0.0595. The number of hydrogen-bond acceptors (Lipinski definition) is 8. The Hall–Kier alpha value is -3.31. The normalized spacial score (nSPS) is 17.4. The number of aromatic amines is 1. The molecule has 0 bridgehead atoms. The molecule has 2 aliphatic rings. The highest BCUT2D eigenvalue weighted by molar-refractivity contribution is 7.14. The van der Waals surface area contributed by atoms with Crippen LogP contribution in [0.4, 0.5) is 13.9 Å². The standard InChI is InChI=1S/C20H15F2N5O3S/c21-20(22)29-15-3-1-2-12(17(15)30-20)16-13-8-11(9-23-18(13)26-25-16)14-10-31-19(24-14)27-4-6-28-7-5-27/h1-3,8-10H,4-7H2,(H,23,25,26). The molecule has 5 heterocycles. The Bertz CT molecular complexity index is 1290. The minimum Gasteiger partial charge on any atom is -0.395 e. The first-order chi connectivity index (χ1) is 15.1. The van der Waals surface area contributed by atoms with Crippen LogP contribution in [0, 0.1) is 0 Å². The number of thiazole rings is 1. The number of alkyl halides is 2. The van der Waals surface area contributed by atoms with Gasteiger partial charge in [-0.05, 0) is 18.2 Å². The van der Waals surface area contributed by atoms with Gasteiger partial charge in [-0.2, -0.15) is 5.10 Å². The van der Waals surface area contributed by atoms with Crippen LogP contribution in [0.5, 0.6) is 11.5 Å². The summed E-state index contributed by atoms with van der Waals surface area (Å²) < 4.78 is 41.9. The number of nitrogens with zero attached hydrogens (tertiary/aromatic N) is 4. The largest absolute Gasteiger partial charge is 0.586 e. The van der Waals surface area contributed by atoms with Gasteiger partial charge in [0.2, 0.25) is 0 Å². The van der Waals surface area contributed by atoms with Crippen molar-refractivity contribution in [2.75, 3.05) is 31.2 Å². The predicted molar refractivity (Wildman–Crippen MR) is 110 cm³/mol. The monoisotopic (exact) mass is 443 g/mol. The second-order valence-electron chi connectivity index (χ2n) is 7.11. The van der Waals surface area contributed by atoms with E-state index in [-0.39, 0.29) is 11.5 Å². The Balaban J connectivity index is 1.40. The minimum absolute atomic E-state index is 0.0241. The molecule has 0 atom stereocenters. The van der Waals surface area contributed by atoms with E-state index in [1.807, 2.05) is 11.4 Å². The number of ether oxygens (including phenoxy) is 3. The molecule has 1 aromatic carbocycles. The first-order valence-corrected chi connectivity index (χ1v) is 10.5. The second-order valence-corrected chi connectivity index (χ2v) is 7.95. The third-order valence-corrected chi connectivity index (χ3v) is 6.08. The van der Waals surface area contributed by atoms with Crippen LogP contribution in [0.1, 0.15) is 0 Å². The molecule has 0 saturated carbocycles. The highest BCUT2D eigenvalue weighted by Gasteiger charge is 2.44. The van der Waals surface area contributed by atoms with Crippen LogP contribution < -0.4 is 14.4 Å². The number of aromatic nitrogens is 4. The molecule has 0 radical (unpaired) electrons. The molecule has 0 aliphatic carbocycles. The van der Waals surface area contributed by atoms with Crippen LogP contribution in [0.25, 0.3) is 33.5 Å². The summed E-state index contributed by atoms with van der Waals surface area (Å²) in [6.45, 7) is 2.99. The highest BCUT2D eigenvalue weighted by Crippen LogP contribution is 2.47. The molecule has 0 amide bonds. The quantitative estimate of drug-likeness (QED) is 0.514. The van der Waals surface area contributed by atoms with Crippen molar-refractivity contribution in [1.29, 1.82) is 0 Å². The summed E-state index contributed by atoms with van der Waals surface area (Å²) in [4.78, 5) is 11.4. The average molecular weight is 443 g/mol. The van der Waals surface area contributed by atoms with E-state index >= 15 is 0 Å². The zero-order valence-corrected chi connectivity index (χ0v) is 16.8. The zero-order valence-electron chi connectivity index (χ0n) is 16.0. The van der Waals surface area contributed by atoms with Crippen LogP contribution >= 0.6 is 11.3 Å². The molecular weight excluding hydrogens is 428 g/mol. The fraction of sp³-hybridized carbons (Fsp3) is 0.250. The van der Waals surface area contributed by atoms with Gasteiger partial charge in [-0.3, -0.25) is 5.10 Å². The summed E-state index contributed by atoms with van der Waals surface area (Å²) in [6.07, 6.45) is -2.00. The number of H-pyrrole nitrogens is 1. The molecule has 31 heavy (non-hydrogen) atoms. The van der Waals surface area contributed by atoms with Gasteiger partial charge >= 0.3 is 6.29 Å². The smallest absolute Gasteiger partial charge is 0.395 e. The fourth-order valence-electron chi connectivity index (χ4n) is 3.71. The number of para-hydroxylation sites is 1. The van der Waals surface area contributed by atoms with Gasteiger partial charge in [0, 0.05) is 41.2 Å². The van der Waals surface area contributed by atoms with Crippen LogP contribution in [0.2, 0.25) is 0 Å². The Morgan fingerprint density at radius 2 is 2.03 bits per heavy atom.